The van der Waals surface area contributed by atoms with Gasteiger partial charge in [0.1, 0.15) is 112 Å². The van der Waals surface area contributed by atoms with Crippen molar-refractivity contribution >= 4 is 157 Å². The molecule has 16 atom stereocenters. The zero-order chi connectivity index (χ0) is 92.0. The summed E-state index contributed by atoms with van der Waals surface area (Å²) in [5.74, 6) is -2.41. The fraction of sp³-hybridized carbons (Fsp3) is 0.427. The van der Waals surface area contributed by atoms with Crippen LogP contribution >= 0.6 is 62.3 Å². The molecule has 0 radical (unpaired) electrons. The molecular formula is C96H106BrCl4F3N18O8. The van der Waals surface area contributed by atoms with Crippen LogP contribution in [0.5, 0.6) is 0 Å². The van der Waals surface area contributed by atoms with Crippen LogP contribution in [0.25, 0.3) is 76.8 Å². The van der Waals surface area contributed by atoms with Gasteiger partial charge in [-0.25, -0.2) is 68.0 Å². The SMILES string of the molecule is C.C=C[C@@]1(C)C[C@@H](n2ccc3c(C)ncnc32)[C@@H]2OC(C)(C)O[C@@H]21.C=C[C@@]1(C)C[C@@H](n2ccc3c(Cl)ncnc32)[C@@H]2OC(C)(C)O[C@@H]21.Cc1ncnc2c1ccn2[C@@H]1C[C@](C)(CCc2cc(F)c3cc(Cl)c(N)nc3c2)[C@@H](O)[C@H]1O.Cc1ncnc2c1ccn2[C@@H]1C[C@](C)(CCc2cc(F)c3cc(Cl)c(N)nc3c2)[C@H]2OC(C)(C)O[C@@H]12.Nc1nc2cc(Br)cc(F)c2cc1Cl. The topological polar surface area (TPSA) is 335 Å². The van der Waals surface area contributed by atoms with Gasteiger partial charge in [0.25, 0.3) is 0 Å². The molecule has 130 heavy (non-hydrogen) atoms. The van der Waals surface area contributed by atoms with Crippen molar-refractivity contribution in [3.8, 4) is 0 Å². The Morgan fingerprint density at radius 2 is 0.762 bits per heavy atom. The van der Waals surface area contributed by atoms with Crippen LogP contribution in [0.2, 0.25) is 20.2 Å². The summed E-state index contributed by atoms with van der Waals surface area (Å²) in [6.45, 7) is 34.4. The van der Waals surface area contributed by atoms with Gasteiger partial charge in [-0.3, -0.25) is 0 Å². The molecule has 0 spiro atoms. The molecule has 0 unspecified atom stereocenters. The van der Waals surface area contributed by atoms with Crippen LogP contribution in [-0.4, -0.2) is 149 Å². The molecule has 14 heterocycles. The van der Waals surface area contributed by atoms with Crippen LogP contribution in [0, 0.1) is 59.9 Å². The van der Waals surface area contributed by atoms with Crippen molar-refractivity contribution in [2.45, 2.75) is 239 Å². The predicted molar refractivity (Wildman–Crippen MR) is 505 cm³/mol. The number of nitrogen functional groups attached to an aromatic ring is 3. The first kappa shape index (κ1) is 93.6. The third-order valence-corrected chi connectivity index (χ3v) is 28.9. The lowest BCUT2D eigenvalue weighted by Crippen LogP contribution is -2.35. The first-order valence-electron chi connectivity index (χ1n) is 42.8. The highest BCUT2D eigenvalue weighted by atomic mass is 79.9. The molecule has 4 aliphatic carbocycles. The van der Waals surface area contributed by atoms with Crippen molar-refractivity contribution in [3.63, 3.8) is 0 Å². The zero-order valence-corrected chi connectivity index (χ0v) is 78.2. The minimum Gasteiger partial charge on any atom is -0.390 e. The number of pyridine rings is 3. The average Bonchev–Trinajstić information content (AvgIpc) is 1.57. The Balaban J connectivity index is 0.000000122. The Hall–Kier alpha value is -9.64. The Morgan fingerprint density at radius 1 is 0.431 bits per heavy atom. The van der Waals surface area contributed by atoms with Crippen LogP contribution < -0.4 is 17.2 Å². The Morgan fingerprint density at radius 3 is 1.17 bits per heavy atom. The molecule has 4 saturated carbocycles. The first-order chi connectivity index (χ1) is 61.0. The lowest BCUT2D eigenvalue weighted by atomic mass is 9.80. The Labute approximate surface area is 779 Å². The molecule has 3 aromatic carbocycles. The molecule has 14 aromatic rings. The van der Waals surface area contributed by atoms with Crippen molar-refractivity contribution < 1.29 is 51.8 Å². The highest BCUT2D eigenvalue weighted by Crippen LogP contribution is 2.59. The van der Waals surface area contributed by atoms with Gasteiger partial charge in [-0.1, -0.05) is 110 Å². The van der Waals surface area contributed by atoms with Gasteiger partial charge in [0.2, 0.25) is 0 Å². The maximum absolute atomic E-state index is 14.9. The van der Waals surface area contributed by atoms with E-state index >= 15 is 0 Å². The van der Waals surface area contributed by atoms with Crippen molar-refractivity contribution in [1.82, 2.24) is 73.1 Å². The number of hydrogen-bond acceptors (Lipinski definition) is 22. The van der Waals surface area contributed by atoms with Gasteiger partial charge in [-0.05, 0) is 214 Å². The lowest BCUT2D eigenvalue weighted by molar-refractivity contribution is -0.168. The summed E-state index contributed by atoms with van der Waals surface area (Å²) in [7, 11) is 0. The van der Waals surface area contributed by atoms with E-state index in [0.29, 0.717) is 68.0 Å². The zero-order valence-electron chi connectivity index (χ0n) is 73.6. The normalized spacial score (nSPS) is 27.7. The summed E-state index contributed by atoms with van der Waals surface area (Å²) in [5, 5.41) is 28.1. The van der Waals surface area contributed by atoms with E-state index in [2.05, 4.69) is 143 Å². The molecule has 7 fully saturated rings. The number of rotatable bonds is 12. The molecule has 34 heteroatoms. The summed E-state index contributed by atoms with van der Waals surface area (Å²) in [6.07, 6.45) is 21.9. The summed E-state index contributed by atoms with van der Waals surface area (Å²) in [4.78, 5) is 47.3. The summed E-state index contributed by atoms with van der Waals surface area (Å²) in [5.41, 5.74) is 25.4. The monoisotopic (exact) mass is 1910 g/mol. The highest BCUT2D eigenvalue weighted by molar-refractivity contribution is 9.10. The maximum Gasteiger partial charge on any atom is 0.163 e. The third-order valence-electron chi connectivity index (χ3n) is 27.2. The number of aryl methyl sites for hydroxylation is 5. The number of aromatic nitrogens is 15. The number of aliphatic hydroxyl groups is 2. The lowest BCUT2D eigenvalue weighted by Gasteiger charge is -2.32. The second-order valence-electron chi connectivity index (χ2n) is 37.5. The van der Waals surface area contributed by atoms with Gasteiger partial charge < -0.3 is 74.1 Å². The van der Waals surface area contributed by atoms with Crippen LogP contribution in [0.3, 0.4) is 0 Å². The molecule has 26 nitrogen and oxygen atoms in total. The van der Waals surface area contributed by atoms with E-state index in [1.165, 1.54) is 43.0 Å². The molecule has 7 aliphatic rings. The van der Waals surface area contributed by atoms with Gasteiger partial charge in [-0.15, -0.1) is 13.2 Å². The van der Waals surface area contributed by atoms with E-state index in [0.717, 1.165) is 98.0 Å². The minimum absolute atomic E-state index is 0. The van der Waals surface area contributed by atoms with Crippen molar-refractivity contribution in [2.75, 3.05) is 17.2 Å². The third kappa shape index (κ3) is 17.4. The van der Waals surface area contributed by atoms with E-state index in [-0.39, 0.29) is 129 Å². The van der Waals surface area contributed by atoms with Crippen LogP contribution in [0.1, 0.15) is 168 Å². The molecule has 684 valence electrons. The van der Waals surface area contributed by atoms with E-state index in [9.17, 15) is 23.4 Å². The van der Waals surface area contributed by atoms with Crippen molar-refractivity contribution in [1.29, 1.82) is 0 Å². The number of fused-ring (bicyclic) bond motifs is 10. The molecule has 3 aliphatic heterocycles. The second kappa shape index (κ2) is 35.1. The molecule has 0 bridgehead atoms. The number of hydrogen-bond donors (Lipinski definition) is 5. The fourth-order valence-electron chi connectivity index (χ4n) is 20.3. The Bertz CT molecular complexity index is 6630. The molecular weight excluding hydrogens is 1810 g/mol. The highest BCUT2D eigenvalue weighted by Gasteiger charge is 2.62. The van der Waals surface area contributed by atoms with Gasteiger partial charge in [-0.2, -0.15) is 0 Å². The number of halogens is 8. The van der Waals surface area contributed by atoms with E-state index in [1.807, 2.05) is 117 Å². The number of nitrogens with two attached hydrogens (primary N) is 3. The quantitative estimate of drug-likeness (QED) is 0.0560. The molecule has 11 aromatic heterocycles. The van der Waals surface area contributed by atoms with Gasteiger partial charge in [0.15, 0.2) is 17.4 Å². The molecule has 8 N–H and O–H groups in total. The van der Waals surface area contributed by atoms with Crippen LogP contribution in [0.15, 0.2) is 159 Å². The standard InChI is InChI=1S/C27H29ClFN5O2.C24H25ClFN5O2.C18H23N3O2.C17H20ClN3O2.C9H5BrClFN2.CH4/c1-14-16-6-8-34(25(16)32-13-31-14)21-12-27(4,23-22(21)35-26(2,3)36-23)7-5-15-9-19(29)17-11-18(28)24(30)33-20(17)10-15;1-12-14-4-6-31(23(14)29-11-28-12)19-10-24(2,21(33)20(19)32)5-3-13-7-17(26)15-9-16(25)22(27)30-18(15)8-13;1-6-18(5)9-13(14-15(18)23-17(3,4)22-14)21-8-7-12-11(2)19-10-20-16(12)21;1-5-17(4)8-11(12-13(17)23-16(2,3)22-12)21-7-6-10-14(18)19-9-20-15(10)21;10-4-1-7(12)5-3-6(11)9(13)14-8(5)2-4;/h6,8-11,13,21-23H,5,7,12H2,1-4H3,(H2,30,33);4,6-9,11,19-21,32-33H,3,5,10H2,1-2H3,(H2,27,30);6-8,10,13-15H,1,9H2,2-5H3;5-7,9,11-13H,1,8H2,2-4H3;1-3H,(H2,13,14);1H4/t21-,22+,23+,27+;19-,20+,21+,24+;13-,14+,15+,18+;11-,12+,13+,17+;;/m1111../s1. The molecule has 0 amide bonds. The van der Waals surface area contributed by atoms with E-state index in [4.69, 9.17) is 92.0 Å². The molecule has 3 saturated heterocycles. The van der Waals surface area contributed by atoms with Gasteiger partial charge in [0.05, 0.1) is 103 Å². The smallest absolute Gasteiger partial charge is 0.163 e. The largest absolute Gasteiger partial charge is 0.390 e. The number of nitrogens with zero attached hydrogens (tertiary/aromatic N) is 15. The molecule has 21 rings (SSSR count). The summed E-state index contributed by atoms with van der Waals surface area (Å²) >= 11 is 27.1. The first-order valence-corrected chi connectivity index (χ1v) is 45.1. The summed E-state index contributed by atoms with van der Waals surface area (Å²) < 4.78 is 89.9. The van der Waals surface area contributed by atoms with Gasteiger partial charge >= 0.3 is 0 Å². The van der Waals surface area contributed by atoms with E-state index in [1.54, 1.807) is 30.9 Å². The van der Waals surface area contributed by atoms with Crippen molar-refractivity contribution in [2.24, 2.45) is 21.7 Å². The number of benzene rings is 3. The number of anilines is 3. The maximum atomic E-state index is 14.9. The van der Waals surface area contributed by atoms with E-state index < -0.39 is 40.8 Å². The van der Waals surface area contributed by atoms with Crippen LogP contribution in [0.4, 0.5) is 30.6 Å². The minimum atomic E-state index is -0.946. The van der Waals surface area contributed by atoms with Gasteiger partial charge in [0, 0.05) is 72.4 Å². The number of ether oxygens (including phenoxy) is 6. The van der Waals surface area contributed by atoms with Crippen molar-refractivity contribution in [3.05, 3.63) is 225 Å². The van der Waals surface area contributed by atoms with Crippen LogP contribution in [-0.2, 0) is 41.3 Å². The summed E-state index contributed by atoms with van der Waals surface area (Å²) in [6, 6.07) is 22.3. The Kier molecular flexibility index (Phi) is 25.2. The predicted octanol–water partition coefficient (Wildman–Crippen LogP) is 20.9. The fourth-order valence-corrected chi connectivity index (χ4v) is 21.4. The average molecular weight is 1920 g/mol. The second-order valence-corrected chi connectivity index (χ2v) is 40.0. The number of aliphatic hydroxyl groups excluding tert-OH is 2.